The SMILES string of the molecule is C=C(C#N)/C=C\C(=C/C)c1ccc(-c2ccc(Br)cc2)cc1F.CC. The van der Waals surface area contributed by atoms with E-state index in [1.54, 1.807) is 24.3 Å². The predicted molar refractivity (Wildman–Crippen MR) is 108 cm³/mol. The lowest BCUT2D eigenvalue weighted by Crippen LogP contribution is -1.89. The molecule has 0 amide bonds. The molecule has 0 unspecified atom stereocenters. The lowest BCUT2D eigenvalue weighted by atomic mass is 9.99. The molecule has 25 heavy (non-hydrogen) atoms. The van der Waals surface area contributed by atoms with Crippen LogP contribution in [0.4, 0.5) is 4.39 Å². The first kappa shape index (κ1) is 20.6. The summed E-state index contributed by atoms with van der Waals surface area (Å²) in [5, 5.41) is 8.73. The third-order valence-electron chi connectivity index (χ3n) is 3.38. The van der Waals surface area contributed by atoms with Gasteiger partial charge in [-0.2, -0.15) is 5.26 Å². The van der Waals surface area contributed by atoms with Gasteiger partial charge in [-0.25, -0.2) is 4.39 Å². The number of benzene rings is 2. The summed E-state index contributed by atoms with van der Waals surface area (Å²) in [7, 11) is 0. The molecule has 0 N–H and O–H groups in total. The van der Waals surface area contributed by atoms with E-state index in [0.717, 1.165) is 15.6 Å². The number of allylic oxidation sites excluding steroid dienone is 5. The Bertz CT molecular complexity index is 824. The Balaban J connectivity index is 0.00000151. The van der Waals surface area contributed by atoms with E-state index in [1.165, 1.54) is 6.07 Å². The van der Waals surface area contributed by atoms with Crippen LogP contribution in [0.25, 0.3) is 16.7 Å². The fourth-order valence-electron chi connectivity index (χ4n) is 2.14. The predicted octanol–water partition coefficient (Wildman–Crippen LogP) is 7.32. The molecule has 0 aliphatic heterocycles. The van der Waals surface area contributed by atoms with Gasteiger partial charge in [0, 0.05) is 15.6 Å². The van der Waals surface area contributed by atoms with Crippen molar-refractivity contribution in [1.82, 2.24) is 0 Å². The normalized spacial score (nSPS) is 10.8. The van der Waals surface area contributed by atoms with Crippen molar-refractivity contribution in [3.8, 4) is 17.2 Å². The third kappa shape index (κ3) is 5.85. The minimum Gasteiger partial charge on any atom is -0.206 e. The second kappa shape index (κ2) is 10.4. The van der Waals surface area contributed by atoms with Gasteiger partial charge in [0.05, 0.1) is 6.07 Å². The van der Waals surface area contributed by atoms with Crippen molar-refractivity contribution in [2.75, 3.05) is 0 Å². The van der Waals surface area contributed by atoms with Crippen LogP contribution in [-0.4, -0.2) is 0 Å². The molecule has 0 aliphatic rings. The van der Waals surface area contributed by atoms with Gasteiger partial charge >= 0.3 is 0 Å². The number of halogens is 2. The highest BCUT2D eigenvalue weighted by Gasteiger charge is 2.07. The lowest BCUT2D eigenvalue weighted by molar-refractivity contribution is 0.625. The Morgan fingerprint density at radius 3 is 2.20 bits per heavy atom. The highest BCUT2D eigenvalue weighted by molar-refractivity contribution is 9.10. The quantitative estimate of drug-likeness (QED) is 0.391. The second-order valence-electron chi connectivity index (χ2n) is 4.92. The second-order valence-corrected chi connectivity index (χ2v) is 5.83. The largest absolute Gasteiger partial charge is 0.206 e. The molecule has 0 saturated heterocycles. The molecule has 3 heteroatoms. The highest BCUT2D eigenvalue weighted by atomic mass is 79.9. The van der Waals surface area contributed by atoms with Gasteiger partial charge in [-0.1, -0.05) is 72.8 Å². The third-order valence-corrected chi connectivity index (χ3v) is 3.90. The molecular weight excluding hydrogens is 377 g/mol. The molecule has 0 heterocycles. The molecule has 0 spiro atoms. The Hall–Kier alpha value is -2.44. The molecule has 0 aromatic heterocycles. The van der Waals surface area contributed by atoms with Gasteiger partial charge in [0.15, 0.2) is 0 Å². The van der Waals surface area contributed by atoms with Crippen LogP contribution in [-0.2, 0) is 0 Å². The molecule has 0 aliphatic carbocycles. The fraction of sp³-hybridized carbons (Fsp3) is 0.136. The Labute approximate surface area is 158 Å². The molecular formula is C22H21BrFN. The van der Waals surface area contributed by atoms with E-state index < -0.39 is 0 Å². The van der Waals surface area contributed by atoms with Crippen LogP contribution in [0.1, 0.15) is 26.3 Å². The first-order valence-corrected chi connectivity index (χ1v) is 8.83. The minimum atomic E-state index is -0.300. The number of rotatable bonds is 4. The Kier molecular flexibility index (Phi) is 8.60. The van der Waals surface area contributed by atoms with Gasteiger partial charge in [0.1, 0.15) is 5.82 Å². The van der Waals surface area contributed by atoms with E-state index in [-0.39, 0.29) is 5.82 Å². The smallest absolute Gasteiger partial charge is 0.131 e. The Morgan fingerprint density at radius 2 is 1.68 bits per heavy atom. The van der Waals surface area contributed by atoms with E-state index in [2.05, 4.69) is 22.5 Å². The maximum Gasteiger partial charge on any atom is 0.131 e. The van der Waals surface area contributed by atoms with Gasteiger partial charge in [0.2, 0.25) is 0 Å². The average molecular weight is 398 g/mol. The maximum absolute atomic E-state index is 14.5. The van der Waals surface area contributed by atoms with E-state index >= 15 is 0 Å². The lowest BCUT2D eigenvalue weighted by Gasteiger charge is -2.08. The number of hydrogen-bond donors (Lipinski definition) is 0. The van der Waals surface area contributed by atoms with Crippen molar-refractivity contribution in [3.63, 3.8) is 0 Å². The molecule has 128 valence electrons. The zero-order valence-corrected chi connectivity index (χ0v) is 16.3. The van der Waals surface area contributed by atoms with Crippen LogP contribution in [0, 0.1) is 17.1 Å². The van der Waals surface area contributed by atoms with Gasteiger partial charge in [-0.05, 0) is 47.9 Å². The first-order valence-electron chi connectivity index (χ1n) is 8.04. The standard InChI is InChI=1S/C20H15BrFN.C2H6/c1-3-15(5-4-14(2)13-23)19-11-8-17(12-20(19)22)16-6-9-18(21)10-7-16;1-2/h3-12H,2H2,1H3;1-2H3/b5-4-,15-3+;. The molecule has 0 radical (unpaired) electrons. The van der Waals surface area contributed by atoms with Crippen molar-refractivity contribution in [2.45, 2.75) is 20.8 Å². The van der Waals surface area contributed by atoms with Gasteiger partial charge in [0.25, 0.3) is 0 Å². The summed E-state index contributed by atoms with van der Waals surface area (Å²) in [5.41, 5.74) is 3.31. The summed E-state index contributed by atoms with van der Waals surface area (Å²) in [4.78, 5) is 0. The molecule has 0 bridgehead atoms. The van der Waals surface area contributed by atoms with Crippen LogP contribution < -0.4 is 0 Å². The molecule has 2 rings (SSSR count). The number of hydrogen-bond acceptors (Lipinski definition) is 1. The minimum absolute atomic E-state index is 0.300. The van der Waals surface area contributed by atoms with E-state index in [0.29, 0.717) is 16.7 Å². The summed E-state index contributed by atoms with van der Waals surface area (Å²) in [5.74, 6) is -0.300. The fourth-order valence-corrected chi connectivity index (χ4v) is 2.40. The summed E-state index contributed by atoms with van der Waals surface area (Å²) < 4.78 is 15.5. The monoisotopic (exact) mass is 397 g/mol. The molecule has 2 aromatic rings. The zero-order valence-electron chi connectivity index (χ0n) is 14.7. The van der Waals surface area contributed by atoms with Crippen molar-refractivity contribution in [1.29, 1.82) is 5.26 Å². The van der Waals surface area contributed by atoms with Gasteiger partial charge in [-0.3, -0.25) is 0 Å². The van der Waals surface area contributed by atoms with Crippen LogP contribution in [0.5, 0.6) is 0 Å². The molecule has 2 aromatic carbocycles. The van der Waals surface area contributed by atoms with Crippen LogP contribution >= 0.6 is 15.9 Å². The molecule has 1 nitrogen and oxygen atoms in total. The molecule has 0 atom stereocenters. The van der Waals surface area contributed by atoms with E-state index in [1.807, 2.05) is 57.2 Å². The topological polar surface area (TPSA) is 23.8 Å². The average Bonchev–Trinajstić information content (AvgIpc) is 2.65. The highest BCUT2D eigenvalue weighted by Crippen LogP contribution is 2.27. The zero-order chi connectivity index (χ0) is 18.8. The van der Waals surface area contributed by atoms with E-state index in [9.17, 15) is 4.39 Å². The van der Waals surface area contributed by atoms with Crippen LogP contribution in [0.15, 0.2) is 77.3 Å². The van der Waals surface area contributed by atoms with Crippen molar-refractivity contribution >= 4 is 21.5 Å². The molecule has 0 saturated carbocycles. The van der Waals surface area contributed by atoms with Gasteiger partial charge < -0.3 is 0 Å². The summed E-state index contributed by atoms with van der Waals surface area (Å²) >= 11 is 3.39. The Morgan fingerprint density at radius 1 is 1.08 bits per heavy atom. The summed E-state index contributed by atoms with van der Waals surface area (Å²) in [6.45, 7) is 9.41. The van der Waals surface area contributed by atoms with Crippen molar-refractivity contribution < 1.29 is 4.39 Å². The summed E-state index contributed by atoms with van der Waals surface area (Å²) in [6, 6.07) is 14.8. The van der Waals surface area contributed by atoms with Crippen LogP contribution in [0.3, 0.4) is 0 Å². The number of nitrogens with zero attached hydrogens (tertiary/aromatic N) is 1. The van der Waals surface area contributed by atoms with Crippen molar-refractivity contribution in [3.05, 3.63) is 88.7 Å². The first-order chi connectivity index (χ1) is 12.0. The van der Waals surface area contributed by atoms with Crippen LogP contribution in [0.2, 0.25) is 0 Å². The number of nitriles is 1. The molecule has 0 fully saturated rings. The van der Waals surface area contributed by atoms with Crippen molar-refractivity contribution in [2.24, 2.45) is 0 Å². The van der Waals surface area contributed by atoms with Gasteiger partial charge in [-0.15, -0.1) is 0 Å². The van der Waals surface area contributed by atoms with E-state index in [4.69, 9.17) is 5.26 Å². The maximum atomic E-state index is 14.5. The summed E-state index contributed by atoms with van der Waals surface area (Å²) in [6.07, 6.45) is 5.08.